The number of rotatable bonds is 8. The van der Waals surface area contributed by atoms with E-state index in [9.17, 15) is 9.59 Å². The van der Waals surface area contributed by atoms with Gasteiger partial charge in [-0.05, 0) is 61.6 Å². The Labute approximate surface area is 183 Å². The Morgan fingerprint density at radius 2 is 1.69 bits per heavy atom. The van der Waals surface area contributed by atoms with Crippen molar-refractivity contribution in [1.29, 1.82) is 0 Å². The molecule has 0 saturated carbocycles. The molecule has 0 bridgehead atoms. The standard InChI is InChI=1S/C23H28Cl2N2O2/c1-5-10-26-23(29)17(4)27(14-19-8-9-20(24)21(25)12-19)22(28)13-18-7-6-15(2)16(3)11-18/h6-9,11-12,17H,5,10,13-14H2,1-4H3,(H,26,29)/t17-/m0/s1. The molecule has 0 aromatic heterocycles. The van der Waals surface area contributed by atoms with Crippen molar-refractivity contribution < 1.29 is 9.59 Å². The molecule has 156 valence electrons. The summed E-state index contributed by atoms with van der Waals surface area (Å²) in [6.45, 7) is 8.66. The molecule has 0 unspecified atom stereocenters. The highest BCUT2D eigenvalue weighted by molar-refractivity contribution is 6.42. The molecule has 2 amide bonds. The number of amides is 2. The third kappa shape index (κ3) is 6.48. The molecule has 2 aromatic carbocycles. The van der Waals surface area contributed by atoms with Crippen molar-refractivity contribution in [2.45, 2.75) is 53.1 Å². The molecule has 0 aliphatic heterocycles. The molecule has 1 N–H and O–H groups in total. The normalized spacial score (nSPS) is 11.8. The maximum Gasteiger partial charge on any atom is 0.242 e. The number of nitrogens with one attached hydrogen (secondary N) is 1. The largest absolute Gasteiger partial charge is 0.354 e. The van der Waals surface area contributed by atoms with Gasteiger partial charge in [0.2, 0.25) is 11.8 Å². The molecular weight excluding hydrogens is 407 g/mol. The SMILES string of the molecule is CCCNC(=O)[C@H](C)N(Cc1ccc(Cl)c(Cl)c1)C(=O)Cc1ccc(C)c(C)c1. The smallest absolute Gasteiger partial charge is 0.242 e. The van der Waals surface area contributed by atoms with Gasteiger partial charge in [-0.2, -0.15) is 0 Å². The van der Waals surface area contributed by atoms with Gasteiger partial charge in [-0.25, -0.2) is 0 Å². The number of carbonyl (C=O) groups is 2. The molecule has 0 spiro atoms. The molecule has 0 saturated heterocycles. The van der Waals surface area contributed by atoms with Gasteiger partial charge in [0, 0.05) is 13.1 Å². The van der Waals surface area contributed by atoms with Crippen LogP contribution in [0.15, 0.2) is 36.4 Å². The van der Waals surface area contributed by atoms with Crippen molar-refractivity contribution in [3.8, 4) is 0 Å². The van der Waals surface area contributed by atoms with Crippen LogP contribution in [0.4, 0.5) is 0 Å². The van der Waals surface area contributed by atoms with Gasteiger partial charge in [0.1, 0.15) is 6.04 Å². The molecule has 1 atom stereocenters. The molecule has 0 aliphatic carbocycles. The Morgan fingerprint density at radius 1 is 1.00 bits per heavy atom. The predicted molar refractivity (Wildman–Crippen MR) is 119 cm³/mol. The molecule has 29 heavy (non-hydrogen) atoms. The lowest BCUT2D eigenvalue weighted by Crippen LogP contribution is -2.48. The maximum atomic E-state index is 13.2. The van der Waals surface area contributed by atoms with Gasteiger partial charge in [0.05, 0.1) is 16.5 Å². The summed E-state index contributed by atoms with van der Waals surface area (Å²) in [6, 6.07) is 10.6. The van der Waals surface area contributed by atoms with E-state index in [-0.39, 0.29) is 24.8 Å². The summed E-state index contributed by atoms with van der Waals surface area (Å²) in [5.74, 6) is -0.279. The predicted octanol–water partition coefficient (Wildman–Crippen LogP) is 5.10. The third-order valence-corrected chi connectivity index (χ3v) is 5.72. The highest BCUT2D eigenvalue weighted by Crippen LogP contribution is 2.24. The minimum Gasteiger partial charge on any atom is -0.354 e. The van der Waals surface area contributed by atoms with Crippen molar-refractivity contribution >= 4 is 35.0 Å². The Balaban J connectivity index is 2.26. The van der Waals surface area contributed by atoms with Crippen LogP contribution >= 0.6 is 23.2 Å². The lowest BCUT2D eigenvalue weighted by molar-refractivity contribution is -0.140. The molecule has 0 radical (unpaired) electrons. The van der Waals surface area contributed by atoms with E-state index in [0.717, 1.165) is 23.1 Å². The van der Waals surface area contributed by atoms with E-state index < -0.39 is 6.04 Å². The fourth-order valence-electron chi connectivity index (χ4n) is 3.00. The molecular formula is C23H28Cl2N2O2. The summed E-state index contributed by atoms with van der Waals surface area (Å²) in [7, 11) is 0. The van der Waals surface area contributed by atoms with Gasteiger partial charge >= 0.3 is 0 Å². The second-order valence-electron chi connectivity index (χ2n) is 7.33. The highest BCUT2D eigenvalue weighted by atomic mass is 35.5. The number of carbonyl (C=O) groups excluding carboxylic acids is 2. The summed E-state index contributed by atoms with van der Waals surface area (Å²) in [5, 5.41) is 3.75. The van der Waals surface area contributed by atoms with Gasteiger partial charge < -0.3 is 10.2 Å². The summed E-state index contributed by atoms with van der Waals surface area (Å²) in [4.78, 5) is 27.3. The fourth-order valence-corrected chi connectivity index (χ4v) is 3.32. The molecule has 0 fully saturated rings. The van der Waals surface area contributed by atoms with Crippen molar-refractivity contribution in [1.82, 2.24) is 10.2 Å². The Bertz CT molecular complexity index is 883. The van der Waals surface area contributed by atoms with Crippen molar-refractivity contribution in [3.63, 3.8) is 0 Å². The van der Waals surface area contributed by atoms with Gasteiger partial charge in [0.15, 0.2) is 0 Å². The minimum atomic E-state index is -0.602. The summed E-state index contributed by atoms with van der Waals surface area (Å²) >= 11 is 12.1. The number of nitrogens with zero attached hydrogens (tertiary/aromatic N) is 1. The van der Waals surface area contributed by atoms with E-state index in [0.29, 0.717) is 16.6 Å². The number of hydrogen-bond donors (Lipinski definition) is 1. The van der Waals surface area contributed by atoms with Crippen molar-refractivity contribution in [3.05, 3.63) is 68.7 Å². The first kappa shape index (κ1) is 23.2. The molecule has 2 aromatic rings. The molecule has 2 rings (SSSR count). The van der Waals surface area contributed by atoms with Crippen molar-refractivity contribution in [2.24, 2.45) is 0 Å². The average Bonchev–Trinajstić information content (AvgIpc) is 2.69. The zero-order valence-electron chi connectivity index (χ0n) is 17.4. The zero-order chi connectivity index (χ0) is 21.6. The first-order valence-electron chi connectivity index (χ1n) is 9.80. The van der Waals surface area contributed by atoms with Crippen LogP contribution in [-0.2, 0) is 22.6 Å². The van der Waals surface area contributed by atoms with Crippen LogP contribution < -0.4 is 5.32 Å². The van der Waals surface area contributed by atoms with Gasteiger partial charge in [-0.15, -0.1) is 0 Å². The van der Waals surface area contributed by atoms with Gasteiger partial charge in [-0.1, -0.05) is 54.4 Å². The van der Waals surface area contributed by atoms with Crippen LogP contribution in [0.3, 0.4) is 0 Å². The summed E-state index contributed by atoms with van der Waals surface area (Å²) < 4.78 is 0. The molecule has 4 nitrogen and oxygen atoms in total. The lowest BCUT2D eigenvalue weighted by Gasteiger charge is -2.29. The second kappa shape index (κ2) is 10.7. The van der Waals surface area contributed by atoms with E-state index in [1.165, 1.54) is 5.56 Å². The number of hydrogen-bond acceptors (Lipinski definition) is 2. The highest BCUT2D eigenvalue weighted by Gasteiger charge is 2.26. The monoisotopic (exact) mass is 434 g/mol. The van der Waals surface area contributed by atoms with Crippen LogP contribution in [-0.4, -0.2) is 29.3 Å². The Morgan fingerprint density at radius 3 is 2.31 bits per heavy atom. The van der Waals surface area contributed by atoms with Crippen LogP contribution in [0.5, 0.6) is 0 Å². The maximum absolute atomic E-state index is 13.2. The summed E-state index contributed by atoms with van der Waals surface area (Å²) in [5.41, 5.74) is 4.07. The topological polar surface area (TPSA) is 49.4 Å². The first-order valence-corrected chi connectivity index (χ1v) is 10.6. The van der Waals surface area contributed by atoms with Crippen LogP contribution in [0.1, 0.15) is 42.5 Å². The third-order valence-electron chi connectivity index (χ3n) is 4.98. The quantitative estimate of drug-likeness (QED) is 0.628. The van der Waals surface area contributed by atoms with E-state index in [4.69, 9.17) is 23.2 Å². The minimum absolute atomic E-state index is 0.113. The summed E-state index contributed by atoms with van der Waals surface area (Å²) in [6.07, 6.45) is 1.07. The van der Waals surface area contributed by atoms with Gasteiger partial charge in [0.25, 0.3) is 0 Å². The number of aryl methyl sites for hydroxylation is 2. The zero-order valence-corrected chi connectivity index (χ0v) is 18.9. The second-order valence-corrected chi connectivity index (χ2v) is 8.15. The van der Waals surface area contributed by atoms with Crippen LogP contribution in [0.2, 0.25) is 10.0 Å². The number of benzene rings is 2. The molecule has 0 aliphatic rings. The molecule has 0 heterocycles. The van der Waals surface area contributed by atoms with Crippen molar-refractivity contribution in [2.75, 3.05) is 6.54 Å². The molecule has 6 heteroatoms. The fraction of sp³-hybridized carbons (Fsp3) is 0.391. The van der Waals surface area contributed by atoms with E-state index in [1.807, 2.05) is 45.0 Å². The lowest BCUT2D eigenvalue weighted by atomic mass is 10.0. The Kier molecular flexibility index (Phi) is 8.54. The van der Waals surface area contributed by atoms with Gasteiger partial charge in [-0.3, -0.25) is 9.59 Å². The first-order chi connectivity index (χ1) is 13.7. The van der Waals surface area contributed by atoms with Crippen LogP contribution in [0.25, 0.3) is 0 Å². The van der Waals surface area contributed by atoms with E-state index in [2.05, 4.69) is 5.32 Å². The Hall–Kier alpha value is -2.04. The van der Waals surface area contributed by atoms with Crippen LogP contribution in [0, 0.1) is 13.8 Å². The average molecular weight is 435 g/mol. The van der Waals surface area contributed by atoms with E-state index >= 15 is 0 Å². The van der Waals surface area contributed by atoms with E-state index in [1.54, 1.807) is 24.0 Å². The number of halogens is 2.